The summed E-state index contributed by atoms with van der Waals surface area (Å²) in [5, 5.41) is 4.36. The minimum Gasteiger partial charge on any atom is -0.486 e. The van der Waals surface area contributed by atoms with E-state index in [0.717, 1.165) is 24.5 Å². The van der Waals surface area contributed by atoms with Crippen molar-refractivity contribution in [3.63, 3.8) is 0 Å². The first-order chi connectivity index (χ1) is 9.40. The second-order valence-corrected chi connectivity index (χ2v) is 5.97. The predicted octanol–water partition coefficient (Wildman–Crippen LogP) is 3.21. The van der Waals surface area contributed by atoms with Crippen LogP contribution in [-0.4, -0.2) is 27.4 Å². The van der Waals surface area contributed by atoms with Gasteiger partial charge in [-0.05, 0) is 24.2 Å². The van der Waals surface area contributed by atoms with Crippen LogP contribution in [0.25, 0.3) is 0 Å². The van der Waals surface area contributed by atoms with Gasteiger partial charge in [0.05, 0.1) is 18.9 Å². The third-order valence-electron chi connectivity index (χ3n) is 3.22. The van der Waals surface area contributed by atoms with Crippen molar-refractivity contribution in [2.24, 2.45) is 0 Å². The van der Waals surface area contributed by atoms with Crippen LogP contribution in [0.5, 0.6) is 5.75 Å². The van der Waals surface area contributed by atoms with Crippen LogP contribution in [0.3, 0.4) is 0 Å². The largest absolute Gasteiger partial charge is 0.486 e. The van der Waals surface area contributed by atoms with Gasteiger partial charge in [-0.1, -0.05) is 30.3 Å². The molecule has 1 aliphatic rings. The van der Waals surface area contributed by atoms with Gasteiger partial charge in [-0.15, -0.1) is 0 Å². The normalized spacial score (nSPS) is 19.3. The quantitative estimate of drug-likeness (QED) is 0.856. The van der Waals surface area contributed by atoms with Crippen LogP contribution in [-0.2, 0) is 6.54 Å². The Hall–Kier alpha value is -1.42. The fraction of sp³-hybridized carbons (Fsp3) is 0.400. The lowest BCUT2D eigenvalue weighted by molar-refractivity contribution is 0.211. The van der Waals surface area contributed by atoms with E-state index in [9.17, 15) is 0 Å². The first-order valence-corrected chi connectivity index (χ1v) is 7.86. The molecule has 0 aliphatic carbocycles. The zero-order chi connectivity index (χ0) is 12.9. The number of hydrogen-bond acceptors (Lipinski definition) is 3. The molecule has 4 heteroatoms. The minimum absolute atomic E-state index is 0.355. The molecule has 1 unspecified atom stereocenters. The summed E-state index contributed by atoms with van der Waals surface area (Å²) in [6.07, 6.45) is 6.59. The second kappa shape index (κ2) is 6.15. The van der Waals surface area contributed by atoms with Gasteiger partial charge in [0.1, 0.15) is 6.10 Å². The van der Waals surface area contributed by atoms with E-state index < -0.39 is 0 Å². The van der Waals surface area contributed by atoms with Gasteiger partial charge in [-0.25, -0.2) is 0 Å². The molecule has 0 bridgehead atoms. The van der Waals surface area contributed by atoms with E-state index in [0.29, 0.717) is 6.10 Å². The Labute approximate surface area is 118 Å². The van der Waals surface area contributed by atoms with Crippen LogP contribution in [0.4, 0.5) is 0 Å². The Kier molecular flexibility index (Phi) is 4.08. The summed E-state index contributed by atoms with van der Waals surface area (Å²) in [6, 6.07) is 10.4. The van der Waals surface area contributed by atoms with E-state index in [1.165, 1.54) is 17.7 Å². The van der Waals surface area contributed by atoms with Crippen molar-refractivity contribution in [1.29, 1.82) is 0 Å². The summed E-state index contributed by atoms with van der Waals surface area (Å²) in [5.41, 5.74) is 1.25. The molecule has 19 heavy (non-hydrogen) atoms. The van der Waals surface area contributed by atoms with Crippen molar-refractivity contribution in [2.45, 2.75) is 25.5 Å². The van der Waals surface area contributed by atoms with Crippen molar-refractivity contribution in [3.8, 4) is 5.75 Å². The topological polar surface area (TPSA) is 27.1 Å². The summed E-state index contributed by atoms with van der Waals surface area (Å²) in [6.45, 7) is 0.795. The predicted molar refractivity (Wildman–Crippen MR) is 78.7 cm³/mol. The minimum atomic E-state index is 0.355. The van der Waals surface area contributed by atoms with Crippen LogP contribution in [0, 0.1) is 0 Å². The standard InChI is InChI=1S/C15H18N2OS/c1-2-5-13(6-3-1)10-17-11-15(9-16-17)18-14-7-4-8-19-12-14/h1-3,5-6,9,11,14H,4,7-8,10,12H2. The van der Waals surface area contributed by atoms with Gasteiger partial charge >= 0.3 is 0 Å². The number of nitrogens with zero attached hydrogens (tertiary/aromatic N) is 2. The van der Waals surface area contributed by atoms with Gasteiger partial charge in [0.2, 0.25) is 0 Å². The highest BCUT2D eigenvalue weighted by molar-refractivity contribution is 7.99. The van der Waals surface area contributed by atoms with Gasteiger partial charge in [0.15, 0.2) is 5.75 Å². The number of aromatic nitrogens is 2. The smallest absolute Gasteiger partial charge is 0.157 e. The van der Waals surface area contributed by atoms with Gasteiger partial charge in [0, 0.05) is 5.75 Å². The van der Waals surface area contributed by atoms with E-state index in [1.54, 1.807) is 0 Å². The maximum Gasteiger partial charge on any atom is 0.157 e. The van der Waals surface area contributed by atoms with Crippen molar-refractivity contribution < 1.29 is 4.74 Å². The van der Waals surface area contributed by atoms with Gasteiger partial charge < -0.3 is 4.74 Å². The maximum absolute atomic E-state index is 5.97. The van der Waals surface area contributed by atoms with E-state index in [2.05, 4.69) is 29.4 Å². The summed E-state index contributed by atoms with van der Waals surface area (Å²) < 4.78 is 7.90. The lowest BCUT2D eigenvalue weighted by atomic mass is 10.2. The molecular weight excluding hydrogens is 256 g/mol. The number of thioether (sulfide) groups is 1. The van der Waals surface area contributed by atoms with Gasteiger partial charge in [0.25, 0.3) is 0 Å². The number of ether oxygens (including phenoxy) is 1. The summed E-state index contributed by atoms with van der Waals surface area (Å²) in [7, 11) is 0. The van der Waals surface area contributed by atoms with Crippen molar-refractivity contribution in [3.05, 3.63) is 48.3 Å². The fourth-order valence-electron chi connectivity index (χ4n) is 2.26. The third-order valence-corrected chi connectivity index (χ3v) is 4.40. The number of rotatable bonds is 4. The van der Waals surface area contributed by atoms with Crippen molar-refractivity contribution in [2.75, 3.05) is 11.5 Å². The molecule has 1 fully saturated rings. The zero-order valence-electron chi connectivity index (χ0n) is 10.9. The van der Waals surface area contributed by atoms with Gasteiger partial charge in [-0.2, -0.15) is 16.9 Å². The van der Waals surface area contributed by atoms with Crippen LogP contribution in [0.2, 0.25) is 0 Å². The molecule has 3 nitrogen and oxygen atoms in total. The Morgan fingerprint density at radius 2 is 2.21 bits per heavy atom. The fourth-order valence-corrected chi connectivity index (χ4v) is 3.29. The highest BCUT2D eigenvalue weighted by atomic mass is 32.2. The van der Waals surface area contributed by atoms with E-state index in [-0.39, 0.29) is 0 Å². The van der Waals surface area contributed by atoms with Crippen LogP contribution in [0.1, 0.15) is 18.4 Å². The van der Waals surface area contributed by atoms with E-state index >= 15 is 0 Å². The molecular formula is C15H18N2OS. The molecule has 3 rings (SSSR count). The molecule has 1 atom stereocenters. The van der Waals surface area contributed by atoms with Crippen LogP contribution >= 0.6 is 11.8 Å². The molecule has 0 saturated carbocycles. The van der Waals surface area contributed by atoms with Crippen molar-refractivity contribution in [1.82, 2.24) is 9.78 Å². The Morgan fingerprint density at radius 3 is 3.00 bits per heavy atom. The molecule has 0 spiro atoms. The van der Waals surface area contributed by atoms with Gasteiger partial charge in [-0.3, -0.25) is 4.68 Å². The third kappa shape index (κ3) is 3.53. The molecule has 1 aromatic heterocycles. The average molecular weight is 274 g/mol. The second-order valence-electron chi connectivity index (χ2n) is 4.82. The lowest BCUT2D eigenvalue weighted by Gasteiger charge is -2.21. The summed E-state index contributed by atoms with van der Waals surface area (Å²) in [5.74, 6) is 3.26. The molecule has 0 radical (unpaired) electrons. The van der Waals surface area contributed by atoms with E-state index in [1.807, 2.05) is 34.9 Å². The zero-order valence-corrected chi connectivity index (χ0v) is 11.7. The highest BCUT2D eigenvalue weighted by Gasteiger charge is 2.15. The molecule has 1 aromatic carbocycles. The summed E-state index contributed by atoms with van der Waals surface area (Å²) in [4.78, 5) is 0. The monoisotopic (exact) mass is 274 g/mol. The number of hydrogen-bond donors (Lipinski definition) is 0. The Morgan fingerprint density at radius 1 is 1.32 bits per heavy atom. The Bertz CT molecular complexity index is 506. The molecule has 2 aromatic rings. The Balaban J connectivity index is 1.59. The molecule has 0 amide bonds. The SMILES string of the molecule is c1ccc(Cn2cc(OC3CCCSC3)cn2)cc1. The maximum atomic E-state index is 5.97. The first kappa shape index (κ1) is 12.6. The molecule has 2 heterocycles. The van der Waals surface area contributed by atoms with Crippen LogP contribution < -0.4 is 4.74 Å². The lowest BCUT2D eigenvalue weighted by Crippen LogP contribution is -2.23. The molecule has 0 N–H and O–H groups in total. The summed E-state index contributed by atoms with van der Waals surface area (Å²) >= 11 is 1.98. The number of benzene rings is 1. The molecule has 1 aliphatic heterocycles. The van der Waals surface area contributed by atoms with Crippen LogP contribution in [0.15, 0.2) is 42.7 Å². The average Bonchev–Trinajstić information content (AvgIpc) is 2.88. The molecule has 100 valence electrons. The van der Waals surface area contributed by atoms with E-state index in [4.69, 9.17) is 4.74 Å². The highest BCUT2D eigenvalue weighted by Crippen LogP contribution is 2.22. The van der Waals surface area contributed by atoms with Crippen molar-refractivity contribution >= 4 is 11.8 Å². The molecule has 1 saturated heterocycles. The first-order valence-electron chi connectivity index (χ1n) is 6.71.